The van der Waals surface area contributed by atoms with Crippen molar-refractivity contribution >= 4 is 17.3 Å². The zero-order chi connectivity index (χ0) is 13.1. The number of rotatable bonds is 2. The first kappa shape index (κ1) is 12.0. The van der Waals surface area contributed by atoms with Crippen LogP contribution in [-0.4, -0.2) is 10.9 Å². The zero-order valence-electron chi connectivity index (χ0n) is 9.77. The molecule has 2 aromatic rings. The van der Waals surface area contributed by atoms with Crippen molar-refractivity contribution in [3.05, 3.63) is 53.6 Å². The quantitative estimate of drug-likeness (QED) is 0.798. The van der Waals surface area contributed by atoms with Gasteiger partial charge in [-0.3, -0.25) is 9.78 Å². The average Bonchev–Trinajstić information content (AvgIpc) is 2.32. The Bertz CT molecular complexity index is 599. The van der Waals surface area contributed by atoms with Gasteiger partial charge in [0.2, 0.25) is 0 Å². The van der Waals surface area contributed by atoms with Gasteiger partial charge in [0, 0.05) is 23.8 Å². The van der Waals surface area contributed by atoms with Crippen LogP contribution in [0, 0.1) is 12.7 Å². The monoisotopic (exact) mass is 245 g/mol. The predicted molar refractivity (Wildman–Crippen MR) is 67.7 cm³/mol. The van der Waals surface area contributed by atoms with E-state index >= 15 is 0 Å². The Morgan fingerprint density at radius 3 is 2.83 bits per heavy atom. The highest BCUT2D eigenvalue weighted by molar-refractivity contribution is 6.04. The number of nitrogens with one attached hydrogen (secondary N) is 1. The fourth-order valence-corrected chi connectivity index (χ4v) is 1.52. The third kappa shape index (κ3) is 2.45. The third-order valence-electron chi connectivity index (χ3n) is 2.51. The molecule has 0 fully saturated rings. The zero-order valence-corrected chi connectivity index (χ0v) is 9.77. The number of pyridine rings is 1. The average molecular weight is 245 g/mol. The lowest BCUT2D eigenvalue weighted by atomic mass is 10.1. The third-order valence-corrected chi connectivity index (χ3v) is 2.51. The first-order chi connectivity index (χ1) is 8.58. The SMILES string of the molecule is Cc1cnccc1NC(=O)c1ccc(N)cc1F. The first-order valence-electron chi connectivity index (χ1n) is 5.35. The minimum absolute atomic E-state index is 0.0413. The molecule has 4 nitrogen and oxygen atoms in total. The summed E-state index contributed by atoms with van der Waals surface area (Å²) in [7, 11) is 0. The highest BCUT2D eigenvalue weighted by Crippen LogP contribution is 2.16. The molecular weight excluding hydrogens is 233 g/mol. The molecule has 0 bridgehead atoms. The number of aryl methyl sites for hydroxylation is 1. The smallest absolute Gasteiger partial charge is 0.258 e. The summed E-state index contributed by atoms with van der Waals surface area (Å²) in [4.78, 5) is 15.8. The summed E-state index contributed by atoms with van der Waals surface area (Å²) in [6.07, 6.45) is 3.18. The van der Waals surface area contributed by atoms with E-state index in [2.05, 4.69) is 10.3 Å². The van der Waals surface area contributed by atoms with E-state index in [0.29, 0.717) is 5.69 Å². The van der Waals surface area contributed by atoms with E-state index in [-0.39, 0.29) is 11.3 Å². The molecule has 18 heavy (non-hydrogen) atoms. The van der Waals surface area contributed by atoms with Crippen LogP contribution in [0.25, 0.3) is 0 Å². The van der Waals surface area contributed by atoms with Gasteiger partial charge in [-0.1, -0.05) is 0 Å². The normalized spacial score (nSPS) is 10.1. The van der Waals surface area contributed by atoms with E-state index in [1.807, 2.05) is 6.92 Å². The molecule has 0 atom stereocenters. The van der Waals surface area contributed by atoms with Gasteiger partial charge >= 0.3 is 0 Å². The van der Waals surface area contributed by atoms with Crippen LogP contribution in [0.15, 0.2) is 36.7 Å². The number of hydrogen-bond acceptors (Lipinski definition) is 3. The predicted octanol–water partition coefficient (Wildman–Crippen LogP) is 2.36. The lowest BCUT2D eigenvalue weighted by Gasteiger charge is -2.08. The number of nitrogens with two attached hydrogens (primary N) is 1. The number of hydrogen-bond donors (Lipinski definition) is 2. The molecule has 0 spiro atoms. The molecule has 92 valence electrons. The number of benzene rings is 1. The Hall–Kier alpha value is -2.43. The molecule has 1 heterocycles. The minimum Gasteiger partial charge on any atom is -0.399 e. The van der Waals surface area contributed by atoms with E-state index < -0.39 is 11.7 Å². The summed E-state index contributed by atoms with van der Waals surface area (Å²) >= 11 is 0. The summed E-state index contributed by atoms with van der Waals surface area (Å²) in [5.74, 6) is -1.15. The number of halogens is 1. The van der Waals surface area contributed by atoms with Gasteiger partial charge in [-0.05, 0) is 36.8 Å². The van der Waals surface area contributed by atoms with Gasteiger partial charge in [0.1, 0.15) is 5.82 Å². The van der Waals surface area contributed by atoms with E-state index in [0.717, 1.165) is 11.6 Å². The van der Waals surface area contributed by atoms with Crippen molar-refractivity contribution in [1.82, 2.24) is 4.98 Å². The molecule has 0 aliphatic heterocycles. The molecule has 0 aliphatic carbocycles. The Morgan fingerprint density at radius 2 is 2.17 bits per heavy atom. The summed E-state index contributed by atoms with van der Waals surface area (Å²) in [6, 6.07) is 5.62. The molecule has 5 heteroatoms. The highest BCUT2D eigenvalue weighted by Gasteiger charge is 2.12. The van der Waals surface area contributed by atoms with E-state index in [1.54, 1.807) is 18.5 Å². The van der Waals surface area contributed by atoms with Gasteiger partial charge in [0.15, 0.2) is 0 Å². The van der Waals surface area contributed by atoms with Crippen LogP contribution < -0.4 is 11.1 Å². The standard InChI is InChI=1S/C13H12FN3O/c1-8-7-16-5-4-12(8)17-13(18)10-3-2-9(15)6-11(10)14/h2-7H,15H2,1H3,(H,16,17,18). The van der Waals surface area contributed by atoms with Crippen LogP contribution in [0.3, 0.4) is 0 Å². The number of amides is 1. The van der Waals surface area contributed by atoms with Crippen LogP contribution in [0.4, 0.5) is 15.8 Å². The van der Waals surface area contributed by atoms with Crippen LogP contribution in [0.2, 0.25) is 0 Å². The second kappa shape index (κ2) is 4.83. The Labute approximate surface area is 104 Å². The van der Waals surface area contributed by atoms with Crippen LogP contribution >= 0.6 is 0 Å². The number of carbonyl (C=O) groups excluding carboxylic acids is 1. The van der Waals surface area contributed by atoms with E-state index in [1.165, 1.54) is 12.1 Å². The van der Waals surface area contributed by atoms with Crippen molar-refractivity contribution in [2.75, 3.05) is 11.1 Å². The van der Waals surface area contributed by atoms with Crippen LogP contribution in [0.5, 0.6) is 0 Å². The molecule has 0 unspecified atom stereocenters. The van der Waals surface area contributed by atoms with Crippen molar-refractivity contribution < 1.29 is 9.18 Å². The van der Waals surface area contributed by atoms with Gasteiger partial charge in [0.05, 0.1) is 5.56 Å². The molecule has 0 saturated carbocycles. The molecule has 0 aliphatic rings. The Balaban J connectivity index is 2.25. The topological polar surface area (TPSA) is 68.0 Å². The van der Waals surface area contributed by atoms with Gasteiger partial charge in [0.25, 0.3) is 5.91 Å². The number of carbonyl (C=O) groups is 1. The lowest BCUT2D eigenvalue weighted by Crippen LogP contribution is -2.14. The molecule has 2 rings (SSSR count). The van der Waals surface area contributed by atoms with Crippen molar-refractivity contribution in [2.45, 2.75) is 6.92 Å². The number of aromatic nitrogens is 1. The minimum atomic E-state index is -0.640. The molecule has 1 amide bonds. The van der Waals surface area contributed by atoms with Gasteiger partial charge in [-0.2, -0.15) is 0 Å². The maximum absolute atomic E-state index is 13.6. The molecule has 0 radical (unpaired) electrons. The second-order valence-electron chi connectivity index (χ2n) is 3.88. The Kier molecular flexibility index (Phi) is 3.23. The largest absolute Gasteiger partial charge is 0.399 e. The highest BCUT2D eigenvalue weighted by atomic mass is 19.1. The summed E-state index contributed by atoms with van der Waals surface area (Å²) in [6.45, 7) is 1.81. The number of nitrogens with zero attached hydrogens (tertiary/aromatic N) is 1. The second-order valence-corrected chi connectivity index (χ2v) is 3.88. The number of anilines is 2. The van der Waals surface area contributed by atoms with Crippen molar-refractivity contribution in [2.24, 2.45) is 0 Å². The van der Waals surface area contributed by atoms with Gasteiger partial charge < -0.3 is 11.1 Å². The maximum Gasteiger partial charge on any atom is 0.258 e. The van der Waals surface area contributed by atoms with Gasteiger partial charge in [-0.25, -0.2) is 4.39 Å². The summed E-state index contributed by atoms with van der Waals surface area (Å²) in [5.41, 5.74) is 7.07. The molecule has 1 aromatic heterocycles. The molecule has 1 aromatic carbocycles. The Morgan fingerprint density at radius 1 is 1.39 bits per heavy atom. The first-order valence-corrected chi connectivity index (χ1v) is 5.35. The van der Waals surface area contributed by atoms with Gasteiger partial charge in [-0.15, -0.1) is 0 Å². The molecule has 3 N–H and O–H groups in total. The number of nitrogen functional groups attached to an aromatic ring is 1. The molecule has 0 saturated heterocycles. The summed E-state index contributed by atoms with van der Waals surface area (Å²) < 4.78 is 13.6. The fourth-order valence-electron chi connectivity index (χ4n) is 1.52. The van der Waals surface area contributed by atoms with Crippen molar-refractivity contribution in [3.63, 3.8) is 0 Å². The van der Waals surface area contributed by atoms with Crippen molar-refractivity contribution in [3.8, 4) is 0 Å². The lowest BCUT2D eigenvalue weighted by molar-refractivity contribution is 0.102. The van der Waals surface area contributed by atoms with Crippen LogP contribution in [-0.2, 0) is 0 Å². The molecular formula is C13H12FN3O. The maximum atomic E-state index is 13.6. The summed E-state index contributed by atoms with van der Waals surface area (Å²) in [5, 5.41) is 2.63. The van der Waals surface area contributed by atoms with Crippen LogP contribution in [0.1, 0.15) is 15.9 Å². The fraction of sp³-hybridized carbons (Fsp3) is 0.0769. The van der Waals surface area contributed by atoms with E-state index in [4.69, 9.17) is 5.73 Å². The van der Waals surface area contributed by atoms with E-state index in [9.17, 15) is 9.18 Å². The van der Waals surface area contributed by atoms with Crippen molar-refractivity contribution in [1.29, 1.82) is 0 Å².